The van der Waals surface area contributed by atoms with Crippen molar-refractivity contribution in [1.82, 2.24) is 30.0 Å². The fourth-order valence-corrected chi connectivity index (χ4v) is 5.92. The number of nitrogens with zero attached hydrogens (tertiary/aromatic N) is 5. The Kier molecular flexibility index (Phi) is 7.07. The number of amides is 2. The summed E-state index contributed by atoms with van der Waals surface area (Å²) < 4.78 is 1.14. The van der Waals surface area contributed by atoms with Gasteiger partial charge in [-0.1, -0.05) is 13.0 Å². The van der Waals surface area contributed by atoms with Gasteiger partial charge in [-0.2, -0.15) is 5.10 Å². The van der Waals surface area contributed by atoms with Crippen molar-refractivity contribution in [1.29, 1.82) is 0 Å². The van der Waals surface area contributed by atoms with Crippen LogP contribution >= 0.6 is 11.3 Å². The van der Waals surface area contributed by atoms with Crippen LogP contribution in [-0.4, -0.2) is 69.0 Å². The summed E-state index contributed by atoms with van der Waals surface area (Å²) in [6.07, 6.45) is 6.76. The van der Waals surface area contributed by atoms with Gasteiger partial charge in [-0.3, -0.25) is 14.7 Å². The Labute approximate surface area is 219 Å². The van der Waals surface area contributed by atoms with Crippen LogP contribution in [0.5, 0.6) is 0 Å². The third-order valence-electron chi connectivity index (χ3n) is 6.87. The van der Waals surface area contributed by atoms with Crippen molar-refractivity contribution in [3.05, 3.63) is 41.2 Å². The van der Waals surface area contributed by atoms with Crippen LogP contribution in [0.1, 0.15) is 42.8 Å². The fraction of sp³-hybridized carbons (Fsp3) is 0.423. The van der Waals surface area contributed by atoms with E-state index < -0.39 is 11.8 Å². The minimum atomic E-state index is -0.709. The monoisotopic (exact) mass is 520 g/mol. The van der Waals surface area contributed by atoms with E-state index in [0.29, 0.717) is 34.9 Å². The number of pyridine rings is 1. The number of carbonyl (C=O) groups is 2. The molecule has 0 radical (unpaired) electrons. The van der Waals surface area contributed by atoms with Gasteiger partial charge in [0, 0.05) is 13.0 Å². The largest absolute Gasteiger partial charge is 0.383 e. The molecule has 5 rings (SSSR count). The minimum absolute atomic E-state index is 0.186. The molecule has 3 aromatic heterocycles. The number of anilines is 2. The summed E-state index contributed by atoms with van der Waals surface area (Å²) in [5.41, 5.74) is 8.75. The number of hydrogen-bond donors (Lipinski definition) is 3. The van der Waals surface area contributed by atoms with Crippen molar-refractivity contribution < 1.29 is 9.59 Å². The second kappa shape index (κ2) is 10.4. The second-order valence-electron chi connectivity index (χ2n) is 10.1. The lowest BCUT2D eigenvalue weighted by molar-refractivity contribution is -0.146. The predicted molar refractivity (Wildman–Crippen MR) is 146 cm³/mol. The van der Waals surface area contributed by atoms with Gasteiger partial charge >= 0.3 is 11.8 Å². The topological polar surface area (TPSA) is 133 Å². The van der Waals surface area contributed by atoms with E-state index in [2.05, 4.69) is 64.6 Å². The van der Waals surface area contributed by atoms with E-state index in [4.69, 9.17) is 10.7 Å². The van der Waals surface area contributed by atoms with Crippen molar-refractivity contribution >= 4 is 55.8 Å². The van der Waals surface area contributed by atoms with Gasteiger partial charge in [-0.25, -0.2) is 9.97 Å². The zero-order valence-electron chi connectivity index (χ0n) is 21.3. The van der Waals surface area contributed by atoms with Crippen LogP contribution in [0.15, 0.2) is 30.6 Å². The molecule has 37 heavy (non-hydrogen) atoms. The minimum Gasteiger partial charge on any atom is -0.383 e. The normalized spacial score (nSPS) is 18.1. The number of H-pyrrole nitrogens is 1. The Balaban J connectivity index is 1.36. The van der Waals surface area contributed by atoms with Crippen molar-refractivity contribution in [2.24, 2.45) is 5.92 Å². The average Bonchev–Trinajstić information content (AvgIpc) is 3.52. The summed E-state index contributed by atoms with van der Waals surface area (Å²) in [5, 5.41) is 11.2. The maximum absolute atomic E-state index is 13.4. The van der Waals surface area contributed by atoms with Gasteiger partial charge < -0.3 is 20.9 Å². The second-order valence-corrected chi connectivity index (χ2v) is 11.2. The standard InChI is InChI=1S/C26H32N8O2S/c1-15-6-8-20(16-7-9-21-18(11-16)30-22(37-21)5-4-10-33(2)3)34(14-15)26(36)25(35)31-19-13-28-24(27)17-12-29-32-23(17)19/h7,9,11-13,15,20H,4-6,8,10,14H2,1-3H3,(H2,27,28)(H,29,32)(H,31,35)/t15-,20+/m0/s1. The van der Waals surface area contributed by atoms with Gasteiger partial charge in [-0.15, -0.1) is 11.3 Å². The molecule has 1 fully saturated rings. The number of nitrogen functional groups attached to an aromatic ring is 1. The molecule has 4 aromatic rings. The lowest BCUT2D eigenvalue weighted by Crippen LogP contribution is -2.46. The van der Waals surface area contributed by atoms with Gasteiger partial charge in [0.05, 0.1) is 50.3 Å². The summed E-state index contributed by atoms with van der Waals surface area (Å²) in [6.45, 7) is 3.65. The summed E-state index contributed by atoms with van der Waals surface area (Å²) >= 11 is 1.72. The number of nitrogens with two attached hydrogens (primary N) is 1. The predicted octanol–water partition coefficient (Wildman–Crippen LogP) is 3.58. The van der Waals surface area contributed by atoms with E-state index in [-0.39, 0.29) is 6.04 Å². The van der Waals surface area contributed by atoms with Crippen LogP contribution in [0.25, 0.3) is 21.1 Å². The smallest absolute Gasteiger partial charge is 0.314 e. The van der Waals surface area contributed by atoms with E-state index in [0.717, 1.165) is 53.0 Å². The number of fused-ring (bicyclic) bond motifs is 2. The molecule has 0 aliphatic carbocycles. The van der Waals surface area contributed by atoms with Crippen LogP contribution in [0, 0.1) is 5.92 Å². The highest BCUT2D eigenvalue weighted by molar-refractivity contribution is 7.18. The number of rotatable bonds is 6. The van der Waals surface area contributed by atoms with Gasteiger partial charge in [0.1, 0.15) is 5.82 Å². The highest BCUT2D eigenvalue weighted by Gasteiger charge is 2.34. The third-order valence-corrected chi connectivity index (χ3v) is 7.97. The lowest BCUT2D eigenvalue weighted by atomic mass is 9.89. The van der Waals surface area contributed by atoms with Gasteiger partial charge in [-0.05, 0) is 63.5 Å². The Morgan fingerprint density at radius 3 is 2.92 bits per heavy atom. The number of aromatic amines is 1. The fourth-order valence-electron chi connectivity index (χ4n) is 4.93. The SMILES string of the molecule is C[C@H]1CC[C@H](c2ccc3sc(CCCN(C)C)nc3c2)N(C(=O)C(=O)Nc2cnc(N)c3cn[nH]c23)C1. The first-order chi connectivity index (χ1) is 17.8. The molecule has 194 valence electrons. The number of nitrogens with one attached hydrogen (secondary N) is 2. The Morgan fingerprint density at radius 2 is 2.11 bits per heavy atom. The van der Waals surface area contributed by atoms with E-state index in [1.165, 1.54) is 6.20 Å². The molecule has 2 atom stereocenters. The summed E-state index contributed by atoms with van der Waals surface area (Å²) in [6, 6.07) is 6.06. The number of piperidine rings is 1. The first-order valence-corrected chi connectivity index (χ1v) is 13.4. The van der Waals surface area contributed by atoms with E-state index in [1.807, 2.05) is 0 Å². The van der Waals surface area contributed by atoms with Crippen molar-refractivity contribution in [2.75, 3.05) is 38.2 Å². The number of carbonyl (C=O) groups excluding carboxylic acids is 2. The number of benzene rings is 1. The average molecular weight is 521 g/mol. The molecule has 1 aliphatic heterocycles. The van der Waals surface area contributed by atoms with Crippen molar-refractivity contribution in [3.8, 4) is 0 Å². The zero-order chi connectivity index (χ0) is 26.1. The first-order valence-electron chi connectivity index (χ1n) is 12.5. The van der Waals surface area contributed by atoms with Gasteiger partial charge in [0.15, 0.2) is 0 Å². The number of aryl methyl sites for hydroxylation is 1. The van der Waals surface area contributed by atoms with Gasteiger partial charge in [0.2, 0.25) is 0 Å². The molecule has 0 unspecified atom stereocenters. The Morgan fingerprint density at radius 1 is 1.27 bits per heavy atom. The third kappa shape index (κ3) is 5.28. The Bertz CT molecular complexity index is 1450. The number of likely N-dealkylation sites (tertiary alicyclic amines) is 1. The number of hydrogen-bond acceptors (Lipinski definition) is 8. The molecule has 11 heteroatoms. The molecule has 1 saturated heterocycles. The summed E-state index contributed by atoms with van der Waals surface area (Å²) in [7, 11) is 4.15. The molecular weight excluding hydrogens is 488 g/mol. The maximum Gasteiger partial charge on any atom is 0.314 e. The molecule has 0 bridgehead atoms. The molecular formula is C26H32N8O2S. The van der Waals surface area contributed by atoms with Crippen LogP contribution in [0.2, 0.25) is 0 Å². The van der Waals surface area contributed by atoms with Crippen LogP contribution in [-0.2, 0) is 16.0 Å². The highest BCUT2D eigenvalue weighted by atomic mass is 32.1. The highest BCUT2D eigenvalue weighted by Crippen LogP contribution is 2.36. The molecule has 1 aromatic carbocycles. The molecule has 0 saturated carbocycles. The van der Waals surface area contributed by atoms with Crippen molar-refractivity contribution in [2.45, 2.75) is 38.6 Å². The number of thiazole rings is 1. The van der Waals surface area contributed by atoms with E-state index >= 15 is 0 Å². The molecule has 2 amide bonds. The van der Waals surface area contributed by atoms with Crippen LogP contribution in [0.3, 0.4) is 0 Å². The molecule has 1 aliphatic rings. The van der Waals surface area contributed by atoms with Gasteiger partial charge in [0.25, 0.3) is 0 Å². The molecule has 10 nitrogen and oxygen atoms in total. The summed E-state index contributed by atoms with van der Waals surface area (Å²) in [4.78, 5) is 39.4. The van der Waals surface area contributed by atoms with E-state index in [1.54, 1.807) is 22.4 Å². The van der Waals surface area contributed by atoms with Crippen molar-refractivity contribution in [3.63, 3.8) is 0 Å². The zero-order valence-corrected chi connectivity index (χ0v) is 22.1. The van der Waals surface area contributed by atoms with Crippen LogP contribution in [0.4, 0.5) is 11.5 Å². The van der Waals surface area contributed by atoms with Crippen LogP contribution < -0.4 is 11.1 Å². The Hall–Kier alpha value is -3.57. The summed E-state index contributed by atoms with van der Waals surface area (Å²) in [5.74, 6) is -0.670. The maximum atomic E-state index is 13.4. The molecule has 4 N–H and O–H groups in total. The lowest BCUT2D eigenvalue weighted by Gasteiger charge is -2.38. The van der Waals surface area contributed by atoms with E-state index in [9.17, 15) is 9.59 Å². The molecule has 0 spiro atoms. The first kappa shape index (κ1) is 25.1. The number of aromatic nitrogens is 4. The quantitative estimate of drug-likeness (QED) is 0.331. The molecule has 4 heterocycles.